The van der Waals surface area contributed by atoms with Crippen LogP contribution in [0.2, 0.25) is 0 Å². The molecule has 1 aromatic heterocycles. The fourth-order valence-corrected chi connectivity index (χ4v) is 1.87. The van der Waals surface area contributed by atoms with Crippen molar-refractivity contribution in [1.82, 2.24) is 4.98 Å². The van der Waals surface area contributed by atoms with E-state index < -0.39 is 0 Å². The summed E-state index contributed by atoms with van der Waals surface area (Å²) in [6.07, 6.45) is 0. The Balaban J connectivity index is 2.36. The van der Waals surface area contributed by atoms with Gasteiger partial charge in [0.15, 0.2) is 0 Å². The summed E-state index contributed by atoms with van der Waals surface area (Å²) in [4.78, 5) is 6.77. The number of aromatic nitrogens is 1. The standard InChI is InChI=1S/C14H18N2O/c1-11-10-14(16(2)8-9-17-3)15-13-7-5-4-6-12(11)13/h4-7,10H,8-9H2,1-3H3. The van der Waals surface area contributed by atoms with E-state index >= 15 is 0 Å². The molecule has 0 saturated heterocycles. The minimum atomic E-state index is 0.712. The number of para-hydroxylation sites is 1. The van der Waals surface area contributed by atoms with Crippen LogP contribution in [0.3, 0.4) is 0 Å². The summed E-state index contributed by atoms with van der Waals surface area (Å²) in [5, 5.41) is 1.22. The van der Waals surface area contributed by atoms with Gasteiger partial charge in [-0.3, -0.25) is 0 Å². The molecule has 0 radical (unpaired) electrons. The van der Waals surface area contributed by atoms with Gasteiger partial charge >= 0.3 is 0 Å². The highest BCUT2D eigenvalue weighted by Crippen LogP contribution is 2.21. The van der Waals surface area contributed by atoms with Gasteiger partial charge in [0.2, 0.25) is 0 Å². The minimum absolute atomic E-state index is 0.712. The number of hydrogen-bond donors (Lipinski definition) is 0. The number of aryl methyl sites for hydroxylation is 1. The molecule has 0 N–H and O–H groups in total. The number of anilines is 1. The molecule has 0 atom stereocenters. The fraction of sp³-hybridized carbons (Fsp3) is 0.357. The molecular weight excluding hydrogens is 212 g/mol. The summed E-state index contributed by atoms with van der Waals surface area (Å²) in [7, 11) is 3.75. The largest absolute Gasteiger partial charge is 0.383 e. The van der Waals surface area contributed by atoms with E-state index in [0.717, 1.165) is 17.9 Å². The third-order valence-electron chi connectivity index (χ3n) is 2.93. The van der Waals surface area contributed by atoms with Gasteiger partial charge in [-0.05, 0) is 24.6 Å². The second-order valence-corrected chi connectivity index (χ2v) is 4.23. The maximum atomic E-state index is 5.08. The molecule has 0 amide bonds. The van der Waals surface area contributed by atoms with Crippen LogP contribution in [0.15, 0.2) is 30.3 Å². The van der Waals surface area contributed by atoms with Crippen molar-refractivity contribution in [3.8, 4) is 0 Å². The summed E-state index contributed by atoms with van der Waals surface area (Å²) in [6, 6.07) is 10.4. The van der Waals surface area contributed by atoms with Gasteiger partial charge in [0.25, 0.3) is 0 Å². The second-order valence-electron chi connectivity index (χ2n) is 4.23. The third kappa shape index (κ3) is 2.56. The lowest BCUT2D eigenvalue weighted by Gasteiger charge is -2.18. The van der Waals surface area contributed by atoms with Crippen molar-refractivity contribution < 1.29 is 4.74 Å². The number of methoxy groups -OCH3 is 1. The van der Waals surface area contributed by atoms with Gasteiger partial charge in [-0.25, -0.2) is 4.98 Å². The molecule has 90 valence electrons. The molecule has 1 aromatic carbocycles. The van der Waals surface area contributed by atoms with Crippen LogP contribution in [0, 0.1) is 6.92 Å². The van der Waals surface area contributed by atoms with Crippen molar-refractivity contribution in [3.05, 3.63) is 35.9 Å². The quantitative estimate of drug-likeness (QED) is 0.807. The first-order valence-electron chi connectivity index (χ1n) is 5.79. The number of fused-ring (bicyclic) bond motifs is 1. The minimum Gasteiger partial charge on any atom is -0.383 e. The molecule has 0 bridgehead atoms. The van der Waals surface area contributed by atoms with Gasteiger partial charge in [0, 0.05) is 26.1 Å². The van der Waals surface area contributed by atoms with E-state index in [1.165, 1.54) is 10.9 Å². The van der Waals surface area contributed by atoms with Gasteiger partial charge in [-0.15, -0.1) is 0 Å². The molecule has 2 aromatic rings. The highest BCUT2D eigenvalue weighted by molar-refractivity contribution is 5.83. The van der Waals surface area contributed by atoms with Crippen LogP contribution in [-0.2, 0) is 4.74 Å². The normalized spacial score (nSPS) is 10.8. The zero-order valence-corrected chi connectivity index (χ0v) is 10.6. The smallest absolute Gasteiger partial charge is 0.129 e. The van der Waals surface area contributed by atoms with Crippen LogP contribution < -0.4 is 4.90 Å². The van der Waals surface area contributed by atoms with Gasteiger partial charge < -0.3 is 9.64 Å². The Bertz CT molecular complexity index is 511. The third-order valence-corrected chi connectivity index (χ3v) is 2.93. The SMILES string of the molecule is COCCN(C)c1cc(C)c2ccccc2n1. The Kier molecular flexibility index (Phi) is 3.59. The summed E-state index contributed by atoms with van der Waals surface area (Å²) >= 11 is 0. The molecule has 0 aliphatic heterocycles. The molecular formula is C14H18N2O. The molecule has 2 rings (SSSR count). The van der Waals surface area contributed by atoms with E-state index in [1.807, 2.05) is 19.2 Å². The predicted molar refractivity (Wildman–Crippen MR) is 71.6 cm³/mol. The van der Waals surface area contributed by atoms with E-state index in [4.69, 9.17) is 4.74 Å². The highest BCUT2D eigenvalue weighted by Gasteiger charge is 2.05. The summed E-state index contributed by atoms with van der Waals surface area (Å²) in [5.41, 5.74) is 2.31. The van der Waals surface area contributed by atoms with Gasteiger partial charge in [0.1, 0.15) is 5.82 Å². The second kappa shape index (κ2) is 5.15. The number of rotatable bonds is 4. The van der Waals surface area contributed by atoms with Crippen molar-refractivity contribution in [2.75, 3.05) is 32.2 Å². The molecule has 3 heteroatoms. The number of nitrogens with zero attached hydrogens (tertiary/aromatic N) is 2. The molecule has 3 nitrogen and oxygen atoms in total. The summed E-state index contributed by atoms with van der Waals surface area (Å²) in [5.74, 6) is 0.998. The van der Waals surface area contributed by atoms with E-state index in [2.05, 4.69) is 35.0 Å². The molecule has 0 fully saturated rings. The first-order chi connectivity index (χ1) is 8.22. The average molecular weight is 230 g/mol. The lowest BCUT2D eigenvalue weighted by atomic mass is 10.1. The van der Waals surface area contributed by atoms with Crippen molar-refractivity contribution in [2.45, 2.75) is 6.92 Å². The van der Waals surface area contributed by atoms with Crippen molar-refractivity contribution in [1.29, 1.82) is 0 Å². The van der Waals surface area contributed by atoms with E-state index in [-0.39, 0.29) is 0 Å². The van der Waals surface area contributed by atoms with Crippen molar-refractivity contribution in [2.24, 2.45) is 0 Å². The Labute approximate surface area is 102 Å². The monoisotopic (exact) mass is 230 g/mol. The lowest BCUT2D eigenvalue weighted by Crippen LogP contribution is -2.23. The summed E-state index contributed by atoms with van der Waals surface area (Å²) in [6.45, 7) is 3.68. The zero-order valence-electron chi connectivity index (χ0n) is 10.6. The van der Waals surface area contributed by atoms with Gasteiger partial charge in [-0.2, -0.15) is 0 Å². The van der Waals surface area contributed by atoms with Gasteiger partial charge in [-0.1, -0.05) is 18.2 Å². The molecule has 0 aliphatic carbocycles. The van der Waals surface area contributed by atoms with Crippen LogP contribution in [0.25, 0.3) is 10.9 Å². The van der Waals surface area contributed by atoms with Crippen molar-refractivity contribution in [3.63, 3.8) is 0 Å². The molecule has 0 aliphatic rings. The van der Waals surface area contributed by atoms with Crippen LogP contribution in [0.5, 0.6) is 0 Å². The Morgan fingerprint density at radius 3 is 2.82 bits per heavy atom. The van der Waals surface area contributed by atoms with Crippen LogP contribution >= 0.6 is 0 Å². The Morgan fingerprint density at radius 2 is 2.06 bits per heavy atom. The topological polar surface area (TPSA) is 25.4 Å². The number of benzene rings is 1. The average Bonchev–Trinajstić information content (AvgIpc) is 2.36. The van der Waals surface area contributed by atoms with E-state index in [9.17, 15) is 0 Å². The predicted octanol–water partition coefficient (Wildman–Crippen LogP) is 2.63. The maximum Gasteiger partial charge on any atom is 0.129 e. The number of hydrogen-bond acceptors (Lipinski definition) is 3. The summed E-state index contributed by atoms with van der Waals surface area (Å²) < 4.78 is 5.08. The first-order valence-corrected chi connectivity index (χ1v) is 5.79. The zero-order chi connectivity index (χ0) is 12.3. The number of pyridine rings is 1. The van der Waals surface area contributed by atoms with Crippen LogP contribution in [0.4, 0.5) is 5.82 Å². The van der Waals surface area contributed by atoms with E-state index in [0.29, 0.717) is 6.61 Å². The maximum absolute atomic E-state index is 5.08. The Hall–Kier alpha value is -1.61. The van der Waals surface area contributed by atoms with E-state index in [1.54, 1.807) is 7.11 Å². The Morgan fingerprint density at radius 1 is 1.29 bits per heavy atom. The van der Waals surface area contributed by atoms with Crippen LogP contribution in [-0.4, -0.2) is 32.3 Å². The molecule has 0 saturated carbocycles. The molecule has 0 spiro atoms. The molecule has 0 unspecified atom stereocenters. The number of ether oxygens (including phenoxy) is 1. The van der Waals surface area contributed by atoms with Crippen LogP contribution in [0.1, 0.15) is 5.56 Å². The van der Waals surface area contributed by atoms with Gasteiger partial charge in [0.05, 0.1) is 12.1 Å². The van der Waals surface area contributed by atoms with Crippen molar-refractivity contribution >= 4 is 16.7 Å². The number of likely N-dealkylation sites (N-methyl/N-ethyl adjacent to an activating group) is 1. The fourth-order valence-electron chi connectivity index (χ4n) is 1.87. The lowest BCUT2D eigenvalue weighted by molar-refractivity contribution is 0.206. The highest BCUT2D eigenvalue weighted by atomic mass is 16.5. The molecule has 1 heterocycles. The molecule has 17 heavy (non-hydrogen) atoms. The first kappa shape index (κ1) is 11.9.